The molecule has 0 aromatic carbocycles. The molecule has 3 heterocycles. The van der Waals surface area contributed by atoms with Gasteiger partial charge in [-0.05, 0) is 33.2 Å². The molecule has 2 unspecified atom stereocenters. The summed E-state index contributed by atoms with van der Waals surface area (Å²) >= 11 is 0. The number of rotatable bonds is 3. The second-order valence-electron chi connectivity index (χ2n) is 5.97. The van der Waals surface area contributed by atoms with Gasteiger partial charge in [-0.15, -0.1) is 0 Å². The largest absolute Gasteiger partial charge is 0.339 e. The first-order valence-electron chi connectivity index (χ1n) is 7.49. The molecule has 2 saturated heterocycles. The van der Waals surface area contributed by atoms with Crippen LogP contribution in [-0.2, 0) is 6.42 Å². The van der Waals surface area contributed by atoms with E-state index < -0.39 is 0 Å². The summed E-state index contributed by atoms with van der Waals surface area (Å²) in [7, 11) is 0. The van der Waals surface area contributed by atoms with E-state index in [9.17, 15) is 0 Å². The van der Waals surface area contributed by atoms with Crippen LogP contribution in [-0.4, -0.2) is 58.2 Å². The van der Waals surface area contributed by atoms with E-state index in [0.29, 0.717) is 6.04 Å². The van der Waals surface area contributed by atoms with Crippen molar-refractivity contribution < 1.29 is 4.52 Å². The van der Waals surface area contributed by atoms with Crippen molar-refractivity contribution in [3.05, 3.63) is 11.7 Å². The van der Waals surface area contributed by atoms with Crippen LogP contribution in [0.5, 0.6) is 0 Å². The fourth-order valence-corrected chi connectivity index (χ4v) is 3.41. The Kier molecular flexibility index (Phi) is 3.84. The SMILES string of the molecule is Cc1noc(CCN2CC3CCCCN3CC2C)n1. The number of nitrogens with zero attached hydrogens (tertiary/aromatic N) is 4. The molecule has 106 valence electrons. The van der Waals surface area contributed by atoms with E-state index >= 15 is 0 Å². The summed E-state index contributed by atoms with van der Waals surface area (Å²) in [6.07, 6.45) is 5.01. The van der Waals surface area contributed by atoms with E-state index in [-0.39, 0.29) is 0 Å². The van der Waals surface area contributed by atoms with E-state index in [4.69, 9.17) is 4.52 Å². The van der Waals surface area contributed by atoms with Gasteiger partial charge < -0.3 is 4.52 Å². The van der Waals surface area contributed by atoms with Crippen LogP contribution in [0.2, 0.25) is 0 Å². The van der Waals surface area contributed by atoms with Gasteiger partial charge in [0.15, 0.2) is 5.82 Å². The van der Waals surface area contributed by atoms with Crippen molar-refractivity contribution in [1.82, 2.24) is 19.9 Å². The first-order valence-corrected chi connectivity index (χ1v) is 7.49. The summed E-state index contributed by atoms with van der Waals surface area (Å²) in [4.78, 5) is 9.56. The Hall–Kier alpha value is -0.940. The van der Waals surface area contributed by atoms with Crippen LogP contribution < -0.4 is 0 Å². The van der Waals surface area contributed by atoms with E-state index in [1.54, 1.807) is 0 Å². The standard InChI is InChI=1S/C14H24N4O/c1-11-9-18-7-4-3-5-13(18)10-17(11)8-6-14-15-12(2)16-19-14/h11,13H,3-10H2,1-2H3. The molecule has 1 aromatic rings. The second-order valence-corrected chi connectivity index (χ2v) is 5.97. The molecule has 0 spiro atoms. The summed E-state index contributed by atoms with van der Waals surface area (Å²) in [5.74, 6) is 1.51. The predicted octanol–water partition coefficient (Wildman–Crippen LogP) is 1.48. The van der Waals surface area contributed by atoms with Crippen LogP contribution in [0.3, 0.4) is 0 Å². The van der Waals surface area contributed by atoms with Crippen molar-refractivity contribution in [2.24, 2.45) is 0 Å². The highest BCUT2D eigenvalue weighted by Gasteiger charge is 2.32. The van der Waals surface area contributed by atoms with Gasteiger partial charge in [-0.3, -0.25) is 9.80 Å². The Labute approximate surface area is 115 Å². The lowest BCUT2D eigenvalue weighted by atomic mass is 9.97. The van der Waals surface area contributed by atoms with Gasteiger partial charge in [0.25, 0.3) is 0 Å². The lowest BCUT2D eigenvalue weighted by Gasteiger charge is -2.47. The maximum atomic E-state index is 5.20. The third-order valence-electron chi connectivity index (χ3n) is 4.50. The van der Waals surface area contributed by atoms with Gasteiger partial charge in [-0.1, -0.05) is 11.6 Å². The third-order valence-corrected chi connectivity index (χ3v) is 4.50. The zero-order valence-electron chi connectivity index (χ0n) is 12.0. The number of piperazine rings is 1. The number of aryl methyl sites for hydroxylation is 1. The number of piperidine rings is 1. The fourth-order valence-electron chi connectivity index (χ4n) is 3.41. The van der Waals surface area contributed by atoms with Crippen molar-refractivity contribution >= 4 is 0 Å². The van der Waals surface area contributed by atoms with Crippen LogP contribution in [0.4, 0.5) is 0 Å². The van der Waals surface area contributed by atoms with E-state index in [1.807, 2.05) is 6.92 Å². The Bertz CT molecular complexity index is 419. The minimum atomic E-state index is 0.637. The predicted molar refractivity (Wildman–Crippen MR) is 73.0 cm³/mol. The molecular weight excluding hydrogens is 240 g/mol. The highest BCUT2D eigenvalue weighted by molar-refractivity contribution is 4.91. The van der Waals surface area contributed by atoms with Crippen molar-refractivity contribution in [3.63, 3.8) is 0 Å². The fraction of sp³-hybridized carbons (Fsp3) is 0.857. The van der Waals surface area contributed by atoms with Crippen LogP contribution in [0, 0.1) is 6.92 Å². The molecule has 3 rings (SSSR count). The highest BCUT2D eigenvalue weighted by Crippen LogP contribution is 2.23. The first kappa shape index (κ1) is 13.1. The molecule has 0 aliphatic carbocycles. The quantitative estimate of drug-likeness (QED) is 0.827. The molecule has 5 heteroatoms. The van der Waals surface area contributed by atoms with Gasteiger partial charge in [-0.25, -0.2) is 0 Å². The topological polar surface area (TPSA) is 45.4 Å². The minimum Gasteiger partial charge on any atom is -0.339 e. The van der Waals surface area contributed by atoms with Crippen LogP contribution in [0.15, 0.2) is 4.52 Å². The molecule has 2 atom stereocenters. The van der Waals surface area contributed by atoms with Crippen molar-refractivity contribution in [1.29, 1.82) is 0 Å². The molecule has 0 bridgehead atoms. The molecular formula is C14H24N4O. The normalized spacial score (nSPS) is 29.4. The zero-order chi connectivity index (χ0) is 13.2. The van der Waals surface area contributed by atoms with Crippen molar-refractivity contribution in [2.75, 3.05) is 26.2 Å². The monoisotopic (exact) mass is 264 g/mol. The molecule has 0 amide bonds. The maximum absolute atomic E-state index is 5.20. The lowest BCUT2D eigenvalue weighted by molar-refractivity contribution is 0.0151. The molecule has 2 fully saturated rings. The highest BCUT2D eigenvalue weighted by atomic mass is 16.5. The average molecular weight is 264 g/mol. The summed E-state index contributed by atoms with van der Waals surface area (Å²) < 4.78 is 5.20. The second kappa shape index (κ2) is 5.59. The molecule has 2 aliphatic rings. The Morgan fingerprint density at radius 3 is 3.00 bits per heavy atom. The molecule has 0 N–H and O–H groups in total. The van der Waals surface area contributed by atoms with Crippen LogP contribution >= 0.6 is 0 Å². The van der Waals surface area contributed by atoms with Gasteiger partial charge in [0.05, 0.1) is 0 Å². The summed E-state index contributed by atoms with van der Waals surface area (Å²) in [5.41, 5.74) is 0. The Morgan fingerprint density at radius 2 is 2.21 bits per heavy atom. The molecule has 19 heavy (non-hydrogen) atoms. The van der Waals surface area contributed by atoms with Gasteiger partial charge in [-0.2, -0.15) is 4.98 Å². The Balaban J connectivity index is 1.55. The molecule has 5 nitrogen and oxygen atoms in total. The molecule has 2 aliphatic heterocycles. The number of aromatic nitrogens is 2. The molecule has 0 saturated carbocycles. The van der Waals surface area contributed by atoms with Gasteiger partial charge in [0.1, 0.15) is 0 Å². The first-order chi connectivity index (χ1) is 9.22. The van der Waals surface area contributed by atoms with Crippen LogP contribution in [0.25, 0.3) is 0 Å². The summed E-state index contributed by atoms with van der Waals surface area (Å²) in [6, 6.07) is 1.41. The van der Waals surface area contributed by atoms with E-state index in [1.165, 1.54) is 38.9 Å². The average Bonchev–Trinajstić information content (AvgIpc) is 2.82. The van der Waals surface area contributed by atoms with Gasteiger partial charge >= 0.3 is 0 Å². The molecule has 0 radical (unpaired) electrons. The zero-order valence-corrected chi connectivity index (χ0v) is 12.0. The minimum absolute atomic E-state index is 0.637. The van der Waals surface area contributed by atoms with Crippen molar-refractivity contribution in [3.8, 4) is 0 Å². The van der Waals surface area contributed by atoms with Gasteiger partial charge in [0, 0.05) is 38.1 Å². The van der Waals surface area contributed by atoms with Crippen molar-refractivity contribution in [2.45, 2.75) is 51.6 Å². The number of fused-ring (bicyclic) bond motifs is 1. The summed E-state index contributed by atoms with van der Waals surface area (Å²) in [5, 5.41) is 3.85. The van der Waals surface area contributed by atoms with E-state index in [0.717, 1.165) is 30.7 Å². The van der Waals surface area contributed by atoms with Crippen LogP contribution in [0.1, 0.15) is 37.9 Å². The van der Waals surface area contributed by atoms with Gasteiger partial charge in [0.2, 0.25) is 5.89 Å². The Morgan fingerprint density at radius 1 is 1.32 bits per heavy atom. The number of hydrogen-bond donors (Lipinski definition) is 0. The number of hydrogen-bond acceptors (Lipinski definition) is 5. The lowest BCUT2D eigenvalue weighted by Crippen LogP contribution is -2.58. The van der Waals surface area contributed by atoms with E-state index in [2.05, 4.69) is 26.9 Å². The maximum Gasteiger partial charge on any atom is 0.227 e. The summed E-state index contributed by atoms with van der Waals surface area (Å²) in [6.45, 7) is 8.96. The third kappa shape index (κ3) is 2.98. The smallest absolute Gasteiger partial charge is 0.227 e. The molecule has 1 aromatic heterocycles.